The summed E-state index contributed by atoms with van der Waals surface area (Å²) in [6.07, 6.45) is 0.555. The third-order valence-corrected chi connectivity index (χ3v) is 5.91. The summed E-state index contributed by atoms with van der Waals surface area (Å²) in [5.41, 5.74) is 1.23. The van der Waals surface area contributed by atoms with Crippen LogP contribution in [-0.2, 0) is 19.5 Å². The molecule has 30 heavy (non-hydrogen) atoms. The fourth-order valence-corrected chi connectivity index (χ4v) is 4.22. The van der Waals surface area contributed by atoms with Crippen molar-refractivity contribution in [1.29, 1.82) is 0 Å². The van der Waals surface area contributed by atoms with Crippen LogP contribution in [0, 0.1) is 0 Å². The van der Waals surface area contributed by atoms with E-state index in [1.807, 2.05) is 30.3 Å². The molecule has 0 unspecified atom stereocenters. The average molecular weight is 420 g/mol. The Morgan fingerprint density at radius 3 is 2.40 bits per heavy atom. The Morgan fingerprint density at radius 1 is 0.967 bits per heavy atom. The molecular weight excluding hydrogens is 400 g/mol. The number of aryl methyl sites for hydroxylation is 1. The molecule has 4 rings (SSSR count). The third-order valence-electron chi connectivity index (χ3n) is 5.02. The third kappa shape index (κ3) is 3.84. The van der Waals surface area contributed by atoms with E-state index in [0.717, 1.165) is 5.56 Å². The molecule has 0 spiro atoms. The van der Waals surface area contributed by atoms with Crippen molar-refractivity contribution in [3.05, 3.63) is 98.0 Å². The molecule has 152 valence electrons. The summed E-state index contributed by atoms with van der Waals surface area (Å²) in [4.78, 5) is 38.8. The Kier molecular flexibility index (Phi) is 5.63. The first-order chi connectivity index (χ1) is 14.6. The minimum Gasteiger partial charge on any atom is -0.497 e. The normalized spacial score (nSPS) is 11.0. The zero-order chi connectivity index (χ0) is 21.1. The number of aromatic nitrogens is 2. The van der Waals surface area contributed by atoms with E-state index in [9.17, 15) is 14.4 Å². The van der Waals surface area contributed by atoms with Gasteiger partial charge in [-0.3, -0.25) is 18.7 Å². The highest BCUT2D eigenvalue weighted by atomic mass is 32.1. The lowest BCUT2D eigenvalue weighted by molar-refractivity contribution is 0.0971. The van der Waals surface area contributed by atoms with Crippen LogP contribution < -0.4 is 16.0 Å². The summed E-state index contributed by atoms with van der Waals surface area (Å²) < 4.78 is 8.22. The number of ether oxygens (including phenoxy) is 1. The van der Waals surface area contributed by atoms with Crippen LogP contribution in [0.15, 0.2) is 75.6 Å². The van der Waals surface area contributed by atoms with Gasteiger partial charge in [0, 0.05) is 12.1 Å². The number of hydrogen-bond acceptors (Lipinski definition) is 5. The standard InChI is InChI=1S/C23H20N2O4S/c1-29-18-9-7-17(8-10-18)20(26)15-25-19-12-14-30-21(19)22(27)24(23(25)28)13-11-16-5-3-2-4-6-16/h2-10,12,14H,11,13,15H2,1H3. The molecule has 0 bridgehead atoms. The van der Waals surface area contributed by atoms with Crippen molar-refractivity contribution in [2.75, 3.05) is 7.11 Å². The first-order valence-electron chi connectivity index (χ1n) is 9.50. The van der Waals surface area contributed by atoms with Crippen LogP contribution in [0.5, 0.6) is 5.75 Å². The lowest BCUT2D eigenvalue weighted by Gasteiger charge is -2.12. The number of ketones is 1. The maximum Gasteiger partial charge on any atom is 0.331 e. The Hall–Kier alpha value is -3.45. The molecule has 0 amide bonds. The lowest BCUT2D eigenvalue weighted by atomic mass is 10.1. The number of carbonyl (C=O) groups excluding carboxylic acids is 1. The number of carbonyl (C=O) groups is 1. The summed E-state index contributed by atoms with van der Waals surface area (Å²) in [6.45, 7) is 0.121. The van der Waals surface area contributed by atoms with E-state index < -0.39 is 5.69 Å². The van der Waals surface area contributed by atoms with Gasteiger partial charge in [-0.1, -0.05) is 30.3 Å². The van der Waals surface area contributed by atoms with Gasteiger partial charge in [0.2, 0.25) is 0 Å². The number of fused-ring (bicyclic) bond motifs is 1. The molecule has 0 aliphatic rings. The Bertz CT molecular complexity index is 1300. The van der Waals surface area contributed by atoms with Crippen molar-refractivity contribution >= 4 is 27.3 Å². The van der Waals surface area contributed by atoms with E-state index in [4.69, 9.17) is 4.74 Å². The number of benzene rings is 2. The quantitative estimate of drug-likeness (QED) is 0.430. The first kappa shape index (κ1) is 19.8. The summed E-state index contributed by atoms with van der Waals surface area (Å²) in [5, 5.41) is 1.77. The molecule has 6 nitrogen and oxygen atoms in total. The van der Waals surface area contributed by atoms with Crippen LogP contribution in [0.25, 0.3) is 10.2 Å². The van der Waals surface area contributed by atoms with Gasteiger partial charge in [-0.25, -0.2) is 4.79 Å². The van der Waals surface area contributed by atoms with Gasteiger partial charge in [-0.15, -0.1) is 11.3 Å². The van der Waals surface area contributed by atoms with E-state index in [-0.39, 0.29) is 24.4 Å². The number of nitrogens with zero attached hydrogens (tertiary/aromatic N) is 2. The van der Waals surface area contributed by atoms with Crippen LogP contribution in [0.4, 0.5) is 0 Å². The Labute approximate surface area is 176 Å². The predicted octanol–water partition coefficient (Wildman–Crippen LogP) is 3.36. The molecule has 2 heterocycles. The van der Waals surface area contributed by atoms with Crippen molar-refractivity contribution in [3.63, 3.8) is 0 Å². The number of rotatable bonds is 7. The number of Topliss-reactive ketones (excluding diaryl/α,β-unsaturated/α-hetero) is 1. The summed E-state index contributed by atoms with van der Waals surface area (Å²) >= 11 is 1.28. The highest BCUT2D eigenvalue weighted by molar-refractivity contribution is 7.17. The van der Waals surface area contributed by atoms with E-state index in [1.54, 1.807) is 42.8 Å². The Morgan fingerprint density at radius 2 is 1.70 bits per heavy atom. The van der Waals surface area contributed by atoms with Crippen LogP contribution in [-0.4, -0.2) is 22.0 Å². The van der Waals surface area contributed by atoms with Crippen molar-refractivity contribution in [2.45, 2.75) is 19.5 Å². The number of methoxy groups -OCH3 is 1. The van der Waals surface area contributed by atoms with E-state index >= 15 is 0 Å². The summed E-state index contributed by atoms with van der Waals surface area (Å²) in [6, 6.07) is 18.1. The van der Waals surface area contributed by atoms with Gasteiger partial charge in [0.25, 0.3) is 5.56 Å². The average Bonchev–Trinajstić information content (AvgIpc) is 3.27. The predicted molar refractivity (Wildman–Crippen MR) is 118 cm³/mol. The molecule has 4 aromatic rings. The molecule has 0 fully saturated rings. The number of thiophene rings is 1. The van der Waals surface area contributed by atoms with Crippen LogP contribution in [0.3, 0.4) is 0 Å². The Balaban J connectivity index is 1.70. The highest BCUT2D eigenvalue weighted by Gasteiger charge is 2.17. The number of hydrogen-bond donors (Lipinski definition) is 0. The van der Waals surface area contributed by atoms with E-state index in [2.05, 4.69) is 0 Å². The first-order valence-corrected chi connectivity index (χ1v) is 10.4. The van der Waals surface area contributed by atoms with Crippen LogP contribution in [0.1, 0.15) is 15.9 Å². The monoisotopic (exact) mass is 420 g/mol. The minimum absolute atomic E-state index is 0.135. The largest absolute Gasteiger partial charge is 0.497 e. The van der Waals surface area contributed by atoms with E-state index in [0.29, 0.717) is 28.0 Å². The second kappa shape index (κ2) is 8.51. The smallest absolute Gasteiger partial charge is 0.331 e. The minimum atomic E-state index is -0.469. The highest BCUT2D eigenvalue weighted by Crippen LogP contribution is 2.17. The summed E-state index contributed by atoms with van der Waals surface area (Å²) in [5.74, 6) is 0.443. The van der Waals surface area contributed by atoms with Crippen molar-refractivity contribution < 1.29 is 9.53 Å². The molecule has 0 atom stereocenters. The topological polar surface area (TPSA) is 70.3 Å². The van der Waals surface area contributed by atoms with Gasteiger partial charge in [0.1, 0.15) is 10.4 Å². The molecule has 0 N–H and O–H groups in total. The van der Waals surface area contributed by atoms with Crippen molar-refractivity contribution in [3.8, 4) is 5.75 Å². The van der Waals surface area contributed by atoms with E-state index in [1.165, 1.54) is 20.5 Å². The maximum absolute atomic E-state index is 13.1. The fourth-order valence-electron chi connectivity index (χ4n) is 3.38. The van der Waals surface area contributed by atoms with Gasteiger partial charge in [0.05, 0.1) is 19.2 Å². The van der Waals surface area contributed by atoms with Gasteiger partial charge < -0.3 is 4.74 Å². The molecular formula is C23H20N2O4S. The second-order valence-corrected chi connectivity index (χ2v) is 7.76. The molecule has 7 heteroatoms. The second-order valence-electron chi connectivity index (χ2n) is 6.85. The molecule has 0 saturated carbocycles. The van der Waals surface area contributed by atoms with Gasteiger partial charge in [-0.05, 0) is 47.7 Å². The molecule has 0 saturated heterocycles. The summed E-state index contributed by atoms with van der Waals surface area (Å²) in [7, 11) is 1.56. The molecule has 2 aromatic carbocycles. The molecule has 0 radical (unpaired) electrons. The molecule has 2 aromatic heterocycles. The molecule has 0 aliphatic heterocycles. The zero-order valence-electron chi connectivity index (χ0n) is 16.4. The fraction of sp³-hybridized carbons (Fsp3) is 0.174. The van der Waals surface area contributed by atoms with Gasteiger partial charge >= 0.3 is 5.69 Å². The van der Waals surface area contributed by atoms with Crippen LogP contribution >= 0.6 is 11.3 Å². The van der Waals surface area contributed by atoms with Gasteiger partial charge in [-0.2, -0.15) is 0 Å². The van der Waals surface area contributed by atoms with Crippen molar-refractivity contribution in [1.82, 2.24) is 9.13 Å². The molecule has 0 aliphatic carbocycles. The zero-order valence-corrected chi connectivity index (χ0v) is 17.2. The van der Waals surface area contributed by atoms with Gasteiger partial charge in [0.15, 0.2) is 5.78 Å². The SMILES string of the molecule is COc1ccc(C(=O)Cn2c(=O)n(CCc3ccccc3)c(=O)c3sccc32)cc1. The lowest BCUT2D eigenvalue weighted by Crippen LogP contribution is -2.41. The van der Waals surface area contributed by atoms with Crippen LogP contribution in [0.2, 0.25) is 0 Å². The maximum atomic E-state index is 13.1. The van der Waals surface area contributed by atoms with Crippen molar-refractivity contribution in [2.24, 2.45) is 0 Å².